The van der Waals surface area contributed by atoms with Gasteiger partial charge in [-0.2, -0.15) is 10.4 Å². The Morgan fingerprint density at radius 3 is 2.58 bits per heavy atom. The number of halogens is 2. The predicted octanol–water partition coefficient (Wildman–Crippen LogP) is 2.64. The smallest absolute Gasteiger partial charge is 0.253 e. The third-order valence-corrected chi connectivity index (χ3v) is 2.74. The molecule has 0 aliphatic carbocycles. The number of nitrogens with one attached hydrogen (secondary N) is 1. The van der Waals surface area contributed by atoms with E-state index in [4.69, 9.17) is 28.5 Å². The maximum atomic E-state index is 12.0. The summed E-state index contributed by atoms with van der Waals surface area (Å²) >= 11 is 11.6. The lowest BCUT2D eigenvalue weighted by atomic mass is 10.2. The van der Waals surface area contributed by atoms with Gasteiger partial charge in [-0.05, 0) is 24.3 Å². The Kier molecular flexibility index (Phi) is 4.05. The molecule has 1 aromatic heterocycles. The molecule has 0 aliphatic heterocycles. The van der Waals surface area contributed by atoms with Gasteiger partial charge in [0.05, 0.1) is 0 Å². The van der Waals surface area contributed by atoms with Crippen LogP contribution in [0.5, 0.6) is 0 Å². The maximum Gasteiger partial charge on any atom is 0.253 e. The van der Waals surface area contributed by atoms with Crippen molar-refractivity contribution in [2.24, 2.45) is 0 Å². The van der Waals surface area contributed by atoms with E-state index in [0.29, 0.717) is 10.0 Å². The van der Waals surface area contributed by atoms with E-state index >= 15 is 0 Å². The van der Waals surface area contributed by atoms with E-state index in [2.05, 4.69) is 10.4 Å². The monoisotopic (exact) mass is 294 g/mol. The van der Waals surface area contributed by atoms with Gasteiger partial charge in [0.2, 0.25) is 6.17 Å². The number of nitrogens with zero attached hydrogens (tertiary/aromatic N) is 3. The minimum Gasteiger partial charge on any atom is -0.318 e. The van der Waals surface area contributed by atoms with Crippen molar-refractivity contribution in [2.75, 3.05) is 0 Å². The molecule has 19 heavy (non-hydrogen) atoms. The second-order valence-electron chi connectivity index (χ2n) is 3.65. The molecule has 96 valence electrons. The molecule has 2 rings (SSSR count). The van der Waals surface area contributed by atoms with Gasteiger partial charge in [0, 0.05) is 28.0 Å². The Morgan fingerprint density at radius 1 is 1.37 bits per heavy atom. The average Bonchev–Trinajstić information content (AvgIpc) is 2.88. The topological polar surface area (TPSA) is 70.7 Å². The van der Waals surface area contributed by atoms with Gasteiger partial charge in [-0.15, -0.1) is 0 Å². The first-order valence-electron chi connectivity index (χ1n) is 5.26. The lowest BCUT2D eigenvalue weighted by Gasteiger charge is -2.12. The van der Waals surface area contributed by atoms with Gasteiger partial charge in [0.25, 0.3) is 5.91 Å². The third-order valence-electron chi connectivity index (χ3n) is 2.30. The fourth-order valence-corrected chi connectivity index (χ4v) is 2.01. The number of nitriles is 1. The van der Waals surface area contributed by atoms with E-state index in [-0.39, 0.29) is 5.56 Å². The van der Waals surface area contributed by atoms with Crippen LogP contribution in [0.25, 0.3) is 0 Å². The zero-order valence-electron chi connectivity index (χ0n) is 9.55. The fraction of sp³-hybridized carbons (Fsp3) is 0.0833. The third kappa shape index (κ3) is 3.25. The van der Waals surface area contributed by atoms with Crippen LogP contribution < -0.4 is 5.32 Å². The van der Waals surface area contributed by atoms with Gasteiger partial charge in [-0.25, -0.2) is 4.68 Å². The van der Waals surface area contributed by atoms with Gasteiger partial charge in [0.1, 0.15) is 6.07 Å². The second kappa shape index (κ2) is 5.74. The molecule has 7 heteroatoms. The van der Waals surface area contributed by atoms with Crippen LogP contribution in [-0.4, -0.2) is 15.7 Å². The van der Waals surface area contributed by atoms with E-state index in [0.717, 1.165) is 0 Å². The zero-order chi connectivity index (χ0) is 13.8. The molecule has 0 spiro atoms. The molecular weight excluding hydrogens is 287 g/mol. The SMILES string of the molecule is N#CC(NC(=O)c1cc(Cl)cc(Cl)c1)n1cccn1. The van der Waals surface area contributed by atoms with Gasteiger partial charge in [-0.1, -0.05) is 23.2 Å². The summed E-state index contributed by atoms with van der Waals surface area (Å²) in [6.45, 7) is 0. The van der Waals surface area contributed by atoms with Gasteiger partial charge >= 0.3 is 0 Å². The van der Waals surface area contributed by atoms with Gasteiger partial charge in [-0.3, -0.25) is 4.79 Å². The summed E-state index contributed by atoms with van der Waals surface area (Å²) in [5.74, 6) is -0.452. The quantitative estimate of drug-likeness (QED) is 0.946. The molecule has 0 aliphatic rings. The van der Waals surface area contributed by atoms with Crippen LogP contribution >= 0.6 is 23.2 Å². The Labute approximate surface area is 119 Å². The fourth-order valence-electron chi connectivity index (χ4n) is 1.48. The molecule has 1 aromatic carbocycles. The number of aromatic nitrogens is 2. The van der Waals surface area contributed by atoms with Crippen molar-refractivity contribution in [3.8, 4) is 6.07 Å². The highest BCUT2D eigenvalue weighted by atomic mass is 35.5. The highest BCUT2D eigenvalue weighted by molar-refractivity contribution is 6.35. The molecule has 5 nitrogen and oxygen atoms in total. The summed E-state index contributed by atoms with van der Waals surface area (Å²) in [5, 5.41) is 16.1. The Hall–Kier alpha value is -2.03. The molecule has 0 saturated heterocycles. The van der Waals surface area contributed by atoms with E-state index in [9.17, 15) is 4.79 Å². The first kappa shape index (κ1) is 13.4. The molecular formula is C12H8Cl2N4O. The molecule has 0 saturated carbocycles. The first-order valence-corrected chi connectivity index (χ1v) is 6.01. The number of rotatable bonds is 3. The molecule has 0 bridgehead atoms. The summed E-state index contributed by atoms with van der Waals surface area (Å²) in [6, 6.07) is 8.06. The second-order valence-corrected chi connectivity index (χ2v) is 4.52. The van der Waals surface area contributed by atoms with Crippen LogP contribution in [0.4, 0.5) is 0 Å². The van der Waals surface area contributed by atoms with Crippen molar-refractivity contribution in [2.45, 2.75) is 6.17 Å². The van der Waals surface area contributed by atoms with E-state index in [1.165, 1.54) is 29.1 Å². The summed E-state index contributed by atoms with van der Waals surface area (Å²) in [7, 11) is 0. The summed E-state index contributed by atoms with van der Waals surface area (Å²) in [6.07, 6.45) is 2.21. The van der Waals surface area contributed by atoms with Crippen LogP contribution in [-0.2, 0) is 0 Å². The molecule has 2 aromatic rings. The van der Waals surface area contributed by atoms with Crippen molar-refractivity contribution in [1.82, 2.24) is 15.1 Å². The predicted molar refractivity (Wildman–Crippen MR) is 70.8 cm³/mol. The summed E-state index contributed by atoms with van der Waals surface area (Å²) < 4.78 is 1.34. The van der Waals surface area contributed by atoms with Crippen LogP contribution in [0.1, 0.15) is 16.5 Å². The highest BCUT2D eigenvalue weighted by Gasteiger charge is 2.15. The largest absolute Gasteiger partial charge is 0.318 e. The first-order chi connectivity index (χ1) is 9.10. The normalized spacial score (nSPS) is 11.6. The Bertz CT molecular complexity index is 613. The lowest BCUT2D eigenvalue weighted by Crippen LogP contribution is -2.31. The molecule has 0 radical (unpaired) electrons. The molecule has 1 amide bonds. The van der Waals surface area contributed by atoms with Crippen molar-refractivity contribution < 1.29 is 4.79 Å². The summed E-state index contributed by atoms with van der Waals surface area (Å²) in [4.78, 5) is 12.0. The van der Waals surface area contributed by atoms with Crippen molar-refractivity contribution in [1.29, 1.82) is 5.26 Å². The summed E-state index contributed by atoms with van der Waals surface area (Å²) in [5.41, 5.74) is 0.282. The van der Waals surface area contributed by atoms with Crippen LogP contribution in [0.15, 0.2) is 36.7 Å². The molecule has 1 unspecified atom stereocenters. The number of benzene rings is 1. The maximum absolute atomic E-state index is 12.0. The molecule has 0 fully saturated rings. The number of hydrogen-bond acceptors (Lipinski definition) is 3. The van der Waals surface area contributed by atoms with E-state index in [1.807, 2.05) is 6.07 Å². The standard InChI is InChI=1S/C12H8Cl2N4O/c13-9-4-8(5-10(14)6-9)12(19)17-11(7-15)18-3-1-2-16-18/h1-6,11H,(H,17,19). The van der Waals surface area contributed by atoms with Crippen LogP contribution in [0.2, 0.25) is 10.0 Å². The van der Waals surface area contributed by atoms with Crippen molar-refractivity contribution >= 4 is 29.1 Å². The minimum absolute atomic E-state index is 0.282. The van der Waals surface area contributed by atoms with E-state index in [1.54, 1.807) is 12.3 Å². The highest BCUT2D eigenvalue weighted by Crippen LogP contribution is 2.19. The van der Waals surface area contributed by atoms with Crippen LogP contribution in [0, 0.1) is 11.3 Å². The van der Waals surface area contributed by atoms with Gasteiger partial charge in [0.15, 0.2) is 0 Å². The minimum atomic E-state index is -0.889. The average molecular weight is 295 g/mol. The lowest BCUT2D eigenvalue weighted by molar-refractivity contribution is 0.0930. The Balaban J connectivity index is 2.19. The number of carbonyl (C=O) groups is 1. The van der Waals surface area contributed by atoms with Gasteiger partial charge < -0.3 is 5.32 Å². The van der Waals surface area contributed by atoms with E-state index < -0.39 is 12.1 Å². The molecule has 1 heterocycles. The number of amides is 1. The Morgan fingerprint density at radius 2 is 2.05 bits per heavy atom. The van der Waals surface area contributed by atoms with Crippen LogP contribution in [0.3, 0.4) is 0 Å². The molecule has 1 N–H and O–H groups in total. The van der Waals surface area contributed by atoms with Crippen molar-refractivity contribution in [3.05, 3.63) is 52.3 Å². The van der Waals surface area contributed by atoms with Crippen molar-refractivity contribution in [3.63, 3.8) is 0 Å². The zero-order valence-corrected chi connectivity index (χ0v) is 11.1. The molecule has 1 atom stereocenters. The number of carbonyl (C=O) groups excluding carboxylic acids is 1. The number of hydrogen-bond donors (Lipinski definition) is 1.